The molecule has 2 aromatic heterocycles. The second-order valence-electron chi connectivity index (χ2n) is 14.6. The summed E-state index contributed by atoms with van der Waals surface area (Å²) >= 11 is 0. The van der Waals surface area contributed by atoms with Crippen molar-refractivity contribution in [3.05, 3.63) is 192 Å². The van der Waals surface area contributed by atoms with Crippen molar-refractivity contribution in [2.24, 2.45) is 0 Å². The van der Waals surface area contributed by atoms with Crippen molar-refractivity contribution < 1.29 is 0 Å². The maximum Gasteiger partial charge on any atom is 0.104 e. The monoisotopic (exact) mass is 714 g/mol. The smallest absolute Gasteiger partial charge is 0.104 e. The zero-order valence-electron chi connectivity index (χ0n) is 31.0. The van der Waals surface area contributed by atoms with E-state index in [1.807, 2.05) is 24.3 Å². The molecule has 0 amide bonds. The number of para-hydroxylation sites is 2. The predicted molar refractivity (Wildman–Crippen MR) is 230 cm³/mol. The molecule has 10 aromatic rings. The zero-order valence-corrected chi connectivity index (χ0v) is 31.0. The van der Waals surface area contributed by atoms with Gasteiger partial charge in [0.2, 0.25) is 0 Å². The third kappa shape index (κ3) is 5.28. The van der Waals surface area contributed by atoms with Crippen molar-refractivity contribution in [3.8, 4) is 56.9 Å². The number of hydrogen-bond acceptors (Lipinski definition) is 2. The first-order valence-electron chi connectivity index (χ1n) is 18.8. The van der Waals surface area contributed by atoms with Crippen LogP contribution in [0.15, 0.2) is 170 Å². The molecule has 2 heterocycles. The molecule has 4 nitrogen and oxygen atoms in total. The largest absolute Gasteiger partial charge is 0.308 e. The Labute approximate surface area is 325 Å². The molecule has 56 heavy (non-hydrogen) atoms. The molecule has 0 saturated carbocycles. The zero-order chi connectivity index (χ0) is 37.9. The van der Waals surface area contributed by atoms with Gasteiger partial charge in [-0.05, 0) is 95.8 Å². The van der Waals surface area contributed by atoms with Gasteiger partial charge in [0.25, 0.3) is 0 Å². The molecule has 0 aliphatic carbocycles. The Morgan fingerprint density at radius 3 is 1.29 bits per heavy atom. The highest BCUT2D eigenvalue weighted by molar-refractivity contribution is 6.12. The summed E-state index contributed by atoms with van der Waals surface area (Å²) in [5, 5.41) is 25.8. The molecule has 0 unspecified atom stereocenters. The van der Waals surface area contributed by atoms with Gasteiger partial charge in [-0.2, -0.15) is 10.5 Å². The van der Waals surface area contributed by atoms with Crippen LogP contribution in [-0.4, -0.2) is 9.13 Å². The third-order valence-corrected chi connectivity index (χ3v) is 11.1. The van der Waals surface area contributed by atoms with Gasteiger partial charge in [-0.3, -0.25) is 0 Å². The fraction of sp³-hybridized carbons (Fsp3) is 0.0385. The van der Waals surface area contributed by atoms with Crippen LogP contribution >= 0.6 is 0 Å². The Kier molecular flexibility index (Phi) is 7.66. The number of rotatable bonds is 5. The minimum atomic E-state index is 0.553. The summed E-state index contributed by atoms with van der Waals surface area (Å²) in [5.41, 5.74) is 15.4. The molecule has 0 radical (unpaired) electrons. The molecule has 0 aliphatic heterocycles. The predicted octanol–water partition coefficient (Wildman–Crippen LogP) is 13.2. The standard InChI is InChI=1S/C52H34N4/c1-33-10-7-13-36(24-33)39-20-22-44-42-16-3-5-18-47(42)55(49(44)27-39)51-29-41(38-15-9-12-35(26-38)31-53)30-52(46(51)32-54)56-48-19-6-4-17-43(48)45-23-21-40(28-50(45)56)37-14-8-11-34(2)25-37/h3-30H,1-2H3. The van der Waals surface area contributed by atoms with Crippen LogP contribution in [0.5, 0.6) is 0 Å². The van der Waals surface area contributed by atoms with Gasteiger partial charge in [-0.1, -0.05) is 132 Å². The van der Waals surface area contributed by atoms with Crippen LogP contribution in [0.2, 0.25) is 0 Å². The topological polar surface area (TPSA) is 57.4 Å². The molecule has 0 N–H and O–H groups in total. The Morgan fingerprint density at radius 1 is 0.357 bits per heavy atom. The van der Waals surface area contributed by atoms with Crippen LogP contribution in [0.25, 0.3) is 88.4 Å². The highest BCUT2D eigenvalue weighted by Crippen LogP contribution is 2.42. The summed E-state index contributed by atoms with van der Waals surface area (Å²) in [7, 11) is 0. The minimum absolute atomic E-state index is 0.553. The van der Waals surface area contributed by atoms with E-state index in [0.717, 1.165) is 88.4 Å². The summed E-state index contributed by atoms with van der Waals surface area (Å²) in [5.74, 6) is 0. The summed E-state index contributed by atoms with van der Waals surface area (Å²) in [4.78, 5) is 0. The third-order valence-electron chi connectivity index (χ3n) is 11.1. The first-order chi connectivity index (χ1) is 27.5. The molecular weight excluding hydrogens is 681 g/mol. The Morgan fingerprint density at radius 2 is 0.804 bits per heavy atom. The van der Waals surface area contributed by atoms with Crippen molar-refractivity contribution in [3.63, 3.8) is 0 Å². The van der Waals surface area contributed by atoms with E-state index in [1.54, 1.807) is 0 Å². The first-order valence-corrected chi connectivity index (χ1v) is 18.8. The van der Waals surface area contributed by atoms with E-state index in [-0.39, 0.29) is 0 Å². The van der Waals surface area contributed by atoms with Gasteiger partial charge in [0.05, 0.1) is 45.1 Å². The lowest BCUT2D eigenvalue weighted by Gasteiger charge is -2.19. The SMILES string of the molecule is Cc1cccc(-c2ccc3c4ccccc4n(-c4cc(-c5cccc(C#N)c5)cc(-n5c6ccccc6c6ccc(-c7cccc(C)c7)cc65)c4C#N)c3c2)c1. The van der Waals surface area contributed by atoms with Crippen LogP contribution in [0.1, 0.15) is 22.3 Å². The molecule has 4 heteroatoms. The fourth-order valence-electron chi connectivity index (χ4n) is 8.48. The van der Waals surface area contributed by atoms with E-state index < -0.39 is 0 Å². The average molecular weight is 715 g/mol. The molecule has 10 rings (SSSR count). The number of aromatic nitrogens is 2. The molecule has 0 aliphatic rings. The summed E-state index contributed by atoms with van der Waals surface area (Å²) in [6.07, 6.45) is 0. The average Bonchev–Trinajstić information content (AvgIpc) is 3.75. The van der Waals surface area contributed by atoms with Crippen LogP contribution in [-0.2, 0) is 0 Å². The molecule has 0 spiro atoms. The van der Waals surface area contributed by atoms with Gasteiger partial charge in [0.15, 0.2) is 0 Å². The van der Waals surface area contributed by atoms with E-state index in [0.29, 0.717) is 11.1 Å². The van der Waals surface area contributed by atoms with E-state index in [4.69, 9.17) is 0 Å². The van der Waals surface area contributed by atoms with Crippen molar-refractivity contribution in [2.75, 3.05) is 0 Å². The molecule has 0 fully saturated rings. The van der Waals surface area contributed by atoms with Gasteiger partial charge < -0.3 is 9.13 Å². The number of hydrogen-bond donors (Lipinski definition) is 0. The van der Waals surface area contributed by atoms with Gasteiger partial charge >= 0.3 is 0 Å². The van der Waals surface area contributed by atoms with E-state index in [9.17, 15) is 10.5 Å². The second kappa shape index (κ2) is 13.0. The number of nitriles is 2. The van der Waals surface area contributed by atoms with Crippen molar-refractivity contribution in [2.45, 2.75) is 13.8 Å². The van der Waals surface area contributed by atoms with Crippen LogP contribution in [0, 0.1) is 36.5 Å². The number of benzene rings is 8. The molecular formula is C52H34N4. The van der Waals surface area contributed by atoms with Gasteiger partial charge in [0, 0.05) is 21.5 Å². The molecule has 0 bridgehead atoms. The Bertz CT molecular complexity index is 3120. The van der Waals surface area contributed by atoms with Gasteiger partial charge in [-0.15, -0.1) is 0 Å². The quantitative estimate of drug-likeness (QED) is 0.178. The number of aryl methyl sites for hydroxylation is 2. The second-order valence-corrected chi connectivity index (χ2v) is 14.6. The van der Waals surface area contributed by atoms with Crippen LogP contribution in [0.3, 0.4) is 0 Å². The van der Waals surface area contributed by atoms with E-state index in [1.165, 1.54) is 11.1 Å². The van der Waals surface area contributed by atoms with E-state index in [2.05, 4.69) is 181 Å². The molecule has 262 valence electrons. The lowest BCUT2D eigenvalue weighted by Crippen LogP contribution is -2.05. The minimum Gasteiger partial charge on any atom is -0.308 e. The number of fused-ring (bicyclic) bond motifs is 6. The van der Waals surface area contributed by atoms with E-state index >= 15 is 0 Å². The summed E-state index contributed by atoms with van der Waals surface area (Å²) < 4.78 is 4.52. The first kappa shape index (κ1) is 32.9. The van der Waals surface area contributed by atoms with Crippen molar-refractivity contribution in [1.29, 1.82) is 10.5 Å². The van der Waals surface area contributed by atoms with Gasteiger partial charge in [0.1, 0.15) is 11.6 Å². The maximum absolute atomic E-state index is 11.4. The van der Waals surface area contributed by atoms with Crippen LogP contribution in [0.4, 0.5) is 0 Å². The molecule has 8 aromatic carbocycles. The summed E-state index contributed by atoms with van der Waals surface area (Å²) in [6, 6.07) is 64.3. The molecule has 0 saturated heterocycles. The maximum atomic E-state index is 11.4. The molecule has 0 atom stereocenters. The lowest BCUT2D eigenvalue weighted by molar-refractivity contribution is 1.12. The highest BCUT2D eigenvalue weighted by Gasteiger charge is 2.23. The van der Waals surface area contributed by atoms with Crippen molar-refractivity contribution >= 4 is 43.6 Å². The number of nitrogens with zero attached hydrogens (tertiary/aromatic N) is 4. The highest BCUT2D eigenvalue weighted by atomic mass is 15.0. The normalized spacial score (nSPS) is 11.4. The Hall–Kier alpha value is -7.66. The lowest BCUT2D eigenvalue weighted by atomic mass is 9.98. The fourth-order valence-corrected chi connectivity index (χ4v) is 8.48. The summed E-state index contributed by atoms with van der Waals surface area (Å²) in [6.45, 7) is 4.23. The van der Waals surface area contributed by atoms with Gasteiger partial charge in [-0.25, -0.2) is 0 Å². The van der Waals surface area contributed by atoms with Crippen LogP contribution < -0.4 is 0 Å². The van der Waals surface area contributed by atoms with Crippen molar-refractivity contribution in [1.82, 2.24) is 9.13 Å². The Balaban J connectivity index is 1.34.